The molecule has 0 heterocycles. The van der Waals surface area contributed by atoms with Gasteiger partial charge in [-0.15, -0.1) is 0 Å². The van der Waals surface area contributed by atoms with Crippen LogP contribution >= 0.6 is 0 Å². The van der Waals surface area contributed by atoms with Gasteiger partial charge >= 0.3 is 23.9 Å². The number of methoxy groups -OCH3 is 4. The van der Waals surface area contributed by atoms with Crippen LogP contribution in [-0.4, -0.2) is 52.3 Å². The van der Waals surface area contributed by atoms with E-state index in [-0.39, 0.29) is 12.8 Å². The number of carbonyl (C=O) groups excluding carboxylic acids is 4. The minimum Gasteiger partial charge on any atom is -0.469 e. The molecule has 8 heteroatoms. The molecule has 8 nitrogen and oxygen atoms in total. The van der Waals surface area contributed by atoms with Crippen molar-refractivity contribution in [1.82, 2.24) is 0 Å². The monoisotopic (exact) mass is 316 g/mol. The summed E-state index contributed by atoms with van der Waals surface area (Å²) >= 11 is 0. The summed E-state index contributed by atoms with van der Waals surface area (Å²) in [5, 5.41) is 0. The van der Waals surface area contributed by atoms with E-state index < -0.39 is 47.5 Å². The predicted octanol–water partition coefficient (Wildman–Crippen LogP) is -0.0630. The third kappa shape index (κ3) is 3.55. The van der Waals surface area contributed by atoms with Gasteiger partial charge in [-0.1, -0.05) is 0 Å². The second-order valence-electron chi connectivity index (χ2n) is 4.99. The highest BCUT2D eigenvalue weighted by Crippen LogP contribution is 2.40. The van der Waals surface area contributed by atoms with Gasteiger partial charge in [0.15, 0.2) is 0 Å². The Labute approximate surface area is 128 Å². The summed E-state index contributed by atoms with van der Waals surface area (Å²) in [7, 11) is 4.76. The lowest BCUT2D eigenvalue weighted by atomic mass is 9.68. The zero-order valence-corrected chi connectivity index (χ0v) is 13.0. The van der Waals surface area contributed by atoms with Gasteiger partial charge in [0, 0.05) is 0 Å². The van der Waals surface area contributed by atoms with Crippen molar-refractivity contribution < 1.29 is 38.1 Å². The van der Waals surface area contributed by atoms with E-state index in [1.807, 2.05) is 0 Å². The summed E-state index contributed by atoms with van der Waals surface area (Å²) < 4.78 is 18.7. The largest absolute Gasteiger partial charge is 0.469 e. The molecule has 1 saturated carbocycles. The summed E-state index contributed by atoms with van der Waals surface area (Å²) in [4.78, 5) is 47.6. The number of rotatable bonds is 4. The minimum absolute atomic E-state index is 0.0428. The van der Waals surface area contributed by atoms with Gasteiger partial charge in [0.2, 0.25) is 0 Å². The van der Waals surface area contributed by atoms with Gasteiger partial charge in [0.05, 0.1) is 52.1 Å². The quantitative estimate of drug-likeness (QED) is 0.524. The highest BCUT2D eigenvalue weighted by Gasteiger charge is 2.50. The van der Waals surface area contributed by atoms with Gasteiger partial charge in [-0.05, 0) is 12.8 Å². The van der Waals surface area contributed by atoms with Crippen LogP contribution < -0.4 is 0 Å². The third-order valence-corrected chi connectivity index (χ3v) is 4.00. The SMILES string of the molecule is COC(=O)C1CC(C(=O)OC)C(C(=O)OC)CC1C(=O)OC. The van der Waals surface area contributed by atoms with Crippen LogP contribution in [0.5, 0.6) is 0 Å². The molecular weight excluding hydrogens is 296 g/mol. The average Bonchev–Trinajstić information content (AvgIpc) is 2.57. The van der Waals surface area contributed by atoms with Crippen molar-refractivity contribution in [2.75, 3.05) is 28.4 Å². The van der Waals surface area contributed by atoms with Crippen LogP contribution in [0.3, 0.4) is 0 Å². The Bertz CT molecular complexity index is 376. The molecule has 1 aliphatic carbocycles. The Morgan fingerprint density at radius 2 is 0.727 bits per heavy atom. The maximum atomic E-state index is 11.9. The molecule has 0 amide bonds. The molecule has 1 fully saturated rings. The molecule has 4 unspecified atom stereocenters. The van der Waals surface area contributed by atoms with E-state index >= 15 is 0 Å². The molecule has 1 aliphatic rings. The first-order chi connectivity index (χ1) is 10.4. The number of esters is 4. The van der Waals surface area contributed by atoms with Crippen molar-refractivity contribution in [1.29, 1.82) is 0 Å². The average molecular weight is 316 g/mol. The van der Waals surface area contributed by atoms with E-state index in [1.54, 1.807) is 0 Å². The van der Waals surface area contributed by atoms with Crippen molar-refractivity contribution in [2.24, 2.45) is 23.7 Å². The van der Waals surface area contributed by atoms with Crippen LogP contribution in [0, 0.1) is 23.7 Å². The Morgan fingerprint density at radius 3 is 0.864 bits per heavy atom. The molecule has 1 rings (SSSR count). The highest BCUT2D eigenvalue weighted by atomic mass is 16.5. The molecule has 0 aromatic rings. The van der Waals surface area contributed by atoms with Crippen molar-refractivity contribution in [3.8, 4) is 0 Å². The molecule has 0 bridgehead atoms. The van der Waals surface area contributed by atoms with E-state index in [0.717, 1.165) is 0 Å². The number of ether oxygens (including phenoxy) is 4. The lowest BCUT2D eigenvalue weighted by Gasteiger charge is -2.36. The summed E-state index contributed by atoms with van der Waals surface area (Å²) in [6.07, 6.45) is -0.0856. The third-order valence-electron chi connectivity index (χ3n) is 4.00. The fourth-order valence-electron chi connectivity index (χ4n) is 2.85. The van der Waals surface area contributed by atoms with Gasteiger partial charge in [0.25, 0.3) is 0 Å². The fraction of sp³-hybridized carbons (Fsp3) is 0.714. The molecule has 22 heavy (non-hydrogen) atoms. The van der Waals surface area contributed by atoms with E-state index in [2.05, 4.69) is 18.9 Å². The van der Waals surface area contributed by atoms with Crippen molar-refractivity contribution in [3.63, 3.8) is 0 Å². The van der Waals surface area contributed by atoms with Crippen LogP contribution in [0.25, 0.3) is 0 Å². The first-order valence-corrected chi connectivity index (χ1v) is 6.72. The van der Waals surface area contributed by atoms with Crippen LogP contribution in [-0.2, 0) is 38.1 Å². The van der Waals surface area contributed by atoms with Gasteiger partial charge in [-0.3, -0.25) is 19.2 Å². The van der Waals surface area contributed by atoms with E-state index in [4.69, 9.17) is 0 Å². The normalized spacial score (nSPS) is 27.5. The molecule has 124 valence electrons. The summed E-state index contributed by atoms with van der Waals surface area (Å²) in [5.74, 6) is -6.02. The molecule has 0 radical (unpaired) electrons. The molecule has 0 aliphatic heterocycles. The van der Waals surface area contributed by atoms with E-state index in [0.29, 0.717) is 0 Å². The van der Waals surface area contributed by atoms with Crippen molar-refractivity contribution in [2.45, 2.75) is 12.8 Å². The lowest BCUT2D eigenvalue weighted by Crippen LogP contribution is -2.46. The molecule has 4 atom stereocenters. The first-order valence-electron chi connectivity index (χ1n) is 6.72. The van der Waals surface area contributed by atoms with Gasteiger partial charge < -0.3 is 18.9 Å². The van der Waals surface area contributed by atoms with Crippen LogP contribution in [0.4, 0.5) is 0 Å². The van der Waals surface area contributed by atoms with E-state index in [9.17, 15) is 19.2 Å². The Kier molecular flexibility index (Phi) is 6.33. The van der Waals surface area contributed by atoms with Gasteiger partial charge in [0.1, 0.15) is 0 Å². The zero-order valence-electron chi connectivity index (χ0n) is 13.0. The zero-order chi connectivity index (χ0) is 16.9. The fourth-order valence-corrected chi connectivity index (χ4v) is 2.85. The number of hydrogen-bond donors (Lipinski definition) is 0. The minimum atomic E-state index is -0.873. The highest BCUT2D eigenvalue weighted by molar-refractivity contribution is 5.87. The summed E-state index contributed by atoms with van der Waals surface area (Å²) in [6.45, 7) is 0. The first kappa shape index (κ1) is 17.9. The maximum Gasteiger partial charge on any atom is 0.309 e. The predicted molar refractivity (Wildman–Crippen MR) is 71.3 cm³/mol. The summed E-state index contributed by atoms with van der Waals surface area (Å²) in [6, 6.07) is 0. The van der Waals surface area contributed by atoms with Crippen molar-refractivity contribution in [3.05, 3.63) is 0 Å². The Hall–Kier alpha value is -2.12. The van der Waals surface area contributed by atoms with Crippen LogP contribution in [0.15, 0.2) is 0 Å². The van der Waals surface area contributed by atoms with Crippen LogP contribution in [0.1, 0.15) is 12.8 Å². The smallest absolute Gasteiger partial charge is 0.309 e. The lowest BCUT2D eigenvalue weighted by molar-refractivity contribution is -0.172. The van der Waals surface area contributed by atoms with E-state index in [1.165, 1.54) is 28.4 Å². The molecule has 0 aromatic heterocycles. The second kappa shape index (κ2) is 7.77. The second-order valence-corrected chi connectivity index (χ2v) is 4.99. The summed E-state index contributed by atoms with van der Waals surface area (Å²) in [5.41, 5.74) is 0. The number of hydrogen-bond acceptors (Lipinski definition) is 8. The van der Waals surface area contributed by atoms with Gasteiger partial charge in [-0.2, -0.15) is 0 Å². The topological polar surface area (TPSA) is 105 Å². The standard InChI is InChI=1S/C14H20O8/c1-19-11(15)7-5-9(13(17)21-3)10(14(18)22-4)6-8(7)12(16)20-2/h7-10H,5-6H2,1-4H3. The maximum absolute atomic E-state index is 11.9. The molecule has 0 N–H and O–H groups in total. The molecule has 0 spiro atoms. The van der Waals surface area contributed by atoms with Crippen LogP contribution in [0.2, 0.25) is 0 Å². The molecule has 0 aromatic carbocycles. The van der Waals surface area contributed by atoms with Gasteiger partial charge in [-0.25, -0.2) is 0 Å². The Balaban J connectivity index is 3.15. The Morgan fingerprint density at radius 1 is 0.545 bits per heavy atom. The molecular formula is C14H20O8. The molecule has 0 saturated heterocycles. The number of carbonyl (C=O) groups is 4. The van der Waals surface area contributed by atoms with Crippen molar-refractivity contribution >= 4 is 23.9 Å².